The van der Waals surface area contributed by atoms with Crippen LogP contribution in [0.3, 0.4) is 0 Å². The van der Waals surface area contributed by atoms with Gasteiger partial charge in [-0.2, -0.15) is 0 Å². The van der Waals surface area contributed by atoms with Crippen LogP contribution >= 0.6 is 0 Å². The summed E-state index contributed by atoms with van der Waals surface area (Å²) in [7, 11) is 0. The van der Waals surface area contributed by atoms with Gasteiger partial charge in [0.1, 0.15) is 0 Å². The lowest BCUT2D eigenvalue weighted by Gasteiger charge is -2.21. The number of hydrogen-bond donors (Lipinski definition) is 0. The molecule has 0 aromatic carbocycles. The van der Waals surface area contributed by atoms with Gasteiger partial charge in [-0.15, -0.1) is 0 Å². The molecule has 1 aromatic heterocycles. The highest BCUT2D eigenvalue weighted by Crippen LogP contribution is 2.31. The van der Waals surface area contributed by atoms with Crippen molar-refractivity contribution in [1.29, 1.82) is 0 Å². The first-order valence-corrected chi connectivity index (χ1v) is 9.15. The van der Waals surface area contributed by atoms with Crippen LogP contribution in [0, 0.1) is 11.8 Å². The molecule has 3 rings (SSSR count). The highest BCUT2D eigenvalue weighted by molar-refractivity contribution is 5.76. The molecular formula is C19H29N3O. The lowest BCUT2D eigenvalue weighted by atomic mass is 10.0. The molecule has 1 aromatic rings. The molecule has 0 saturated carbocycles. The molecule has 126 valence electrons. The maximum atomic E-state index is 12.4. The van der Waals surface area contributed by atoms with Crippen LogP contribution in [0.4, 0.5) is 0 Å². The molecule has 23 heavy (non-hydrogen) atoms. The zero-order valence-electron chi connectivity index (χ0n) is 14.3. The molecule has 2 aliphatic heterocycles. The zero-order chi connectivity index (χ0) is 16.1. The van der Waals surface area contributed by atoms with Crippen LogP contribution in [0.15, 0.2) is 24.5 Å². The monoisotopic (exact) mass is 315 g/mol. The van der Waals surface area contributed by atoms with Crippen LogP contribution in [0.25, 0.3) is 0 Å². The summed E-state index contributed by atoms with van der Waals surface area (Å²) >= 11 is 0. The van der Waals surface area contributed by atoms with Gasteiger partial charge in [0.2, 0.25) is 5.91 Å². The lowest BCUT2D eigenvalue weighted by molar-refractivity contribution is -0.130. The lowest BCUT2D eigenvalue weighted by Crippen LogP contribution is -2.33. The summed E-state index contributed by atoms with van der Waals surface area (Å²) in [5, 5.41) is 0. The Hall–Kier alpha value is -1.42. The molecule has 2 saturated heterocycles. The van der Waals surface area contributed by atoms with Crippen LogP contribution in [-0.4, -0.2) is 53.4 Å². The van der Waals surface area contributed by atoms with Crippen LogP contribution in [0.2, 0.25) is 0 Å². The number of nitrogens with zero attached hydrogens (tertiary/aromatic N) is 3. The van der Waals surface area contributed by atoms with E-state index in [0.29, 0.717) is 24.2 Å². The number of unbranched alkanes of at least 4 members (excludes halogenated alkanes) is 2. The van der Waals surface area contributed by atoms with Gasteiger partial charge >= 0.3 is 0 Å². The number of hydrogen-bond acceptors (Lipinski definition) is 3. The molecule has 0 aliphatic carbocycles. The number of amides is 1. The third kappa shape index (κ3) is 4.31. The van der Waals surface area contributed by atoms with Gasteiger partial charge in [0.05, 0.1) is 0 Å². The maximum absolute atomic E-state index is 12.4. The van der Waals surface area contributed by atoms with Gasteiger partial charge in [-0.3, -0.25) is 9.78 Å². The van der Waals surface area contributed by atoms with Crippen LogP contribution in [0.1, 0.15) is 38.2 Å². The molecule has 4 nitrogen and oxygen atoms in total. The molecule has 2 atom stereocenters. The zero-order valence-corrected chi connectivity index (χ0v) is 14.3. The number of carbonyl (C=O) groups is 1. The normalized spacial score (nSPS) is 24.1. The van der Waals surface area contributed by atoms with Crippen molar-refractivity contribution in [1.82, 2.24) is 14.8 Å². The molecule has 2 aliphatic rings. The van der Waals surface area contributed by atoms with Gasteiger partial charge in [0.25, 0.3) is 0 Å². The van der Waals surface area contributed by atoms with E-state index in [1.165, 1.54) is 38.9 Å². The van der Waals surface area contributed by atoms with Gasteiger partial charge < -0.3 is 9.80 Å². The Morgan fingerprint density at radius 1 is 1.22 bits per heavy atom. The molecule has 1 amide bonds. The minimum absolute atomic E-state index is 0.320. The summed E-state index contributed by atoms with van der Waals surface area (Å²) in [6, 6.07) is 3.99. The molecule has 0 spiro atoms. The molecule has 2 unspecified atom stereocenters. The van der Waals surface area contributed by atoms with Crippen molar-refractivity contribution in [2.75, 3.05) is 32.7 Å². The van der Waals surface area contributed by atoms with E-state index in [4.69, 9.17) is 0 Å². The number of likely N-dealkylation sites (tertiary alicyclic amines) is 2. The average molecular weight is 315 g/mol. The smallest absolute Gasteiger partial charge is 0.222 e. The number of pyridine rings is 1. The number of carbonyl (C=O) groups excluding carboxylic acids is 1. The molecule has 4 heteroatoms. The Morgan fingerprint density at radius 2 is 2.00 bits per heavy atom. The number of rotatable bonds is 7. The second-order valence-electron chi connectivity index (χ2n) is 7.15. The summed E-state index contributed by atoms with van der Waals surface area (Å²) in [5.41, 5.74) is 1.15. The van der Waals surface area contributed by atoms with Crippen molar-refractivity contribution in [2.24, 2.45) is 11.8 Å². The third-order valence-electron chi connectivity index (χ3n) is 5.34. The van der Waals surface area contributed by atoms with E-state index < -0.39 is 0 Å². The Labute approximate surface area is 139 Å². The van der Waals surface area contributed by atoms with Crippen molar-refractivity contribution >= 4 is 5.91 Å². The summed E-state index contributed by atoms with van der Waals surface area (Å²) < 4.78 is 0. The Kier molecular flexibility index (Phi) is 5.65. The van der Waals surface area contributed by atoms with E-state index >= 15 is 0 Å². The van der Waals surface area contributed by atoms with E-state index in [-0.39, 0.29) is 0 Å². The minimum Gasteiger partial charge on any atom is -0.342 e. The number of aryl methyl sites for hydroxylation is 1. The topological polar surface area (TPSA) is 36.4 Å². The molecular weight excluding hydrogens is 286 g/mol. The van der Waals surface area contributed by atoms with Crippen molar-refractivity contribution in [3.63, 3.8) is 0 Å². The summed E-state index contributed by atoms with van der Waals surface area (Å²) in [6.07, 6.45) is 9.01. The number of fused-ring (bicyclic) bond motifs is 1. The molecule has 0 bridgehead atoms. The third-order valence-corrected chi connectivity index (χ3v) is 5.34. The van der Waals surface area contributed by atoms with E-state index in [2.05, 4.69) is 21.7 Å². The minimum atomic E-state index is 0.320. The van der Waals surface area contributed by atoms with E-state index in [9.17, 15) is 4.79 Å². The molecule has 0 radical (unpaired) electrons. The fourth-order valence-electron chi connectivity index (χ4n) is 4.02. The molecule has 0 N–H and O–H groups in total. The van der Waals surface area contributed by atoms with Gasteiger partial charge in [-0.1, -0.05) is 25.8 Å². The second kappa shape index (κ2) is 7.91. The van der Waals surface area contributed by atoms with Crippen LogP contribution in [0.5, 0.6) is 0 Å². The van der Waals surface area contributed by atoms with Crippen LogP contribution in [-0.2, 0) is 11.2 Å². The van der Waals surface area contributed by atoms with Gasteiger partial charge in [-0.05, 0) is 42.9 Å². The van der Waals surface area contributed by atoms with Gasteiger partial charge in [0, 0.05) is 45.0 Å². The quantitative estimate of drug-likeness (QED) is 0.726. The fourth-order valence-corrected chi connectivity index (χ4v) is 4.02. The van der Waals surface area contributed by atoms with Crippen molar-refractivity contribution in [3.8, 4) is 0 Å². The first-order valence-electron chi connectivity index (χ1n) is 9.15. The summed E-state index contributed by atoms with van der Waals surface area (Å²) in [6.45, 7) is 7.84. The Morgan fingerprint density at radius 3 is 2.65 bits per heavy atom. The highest BCUT2D eigenvalue weighted by Gasteiger charge is 2.40. The number of aromatic nitrogens is 1. The van der Waals surface area contributed by atoms with E-state index in [0.717, 1.165) is 25.1 Å². The van der Waals surface area contributed by atoms with E-state index in [1.54, 1.807) is 6.20 Å². The Balaban J connectivity index is 1.40. The second-order valence-corrected chi connectivity index (χ2v) is 7.15. The average Bonchev–Trinajstić information content (AvgIpc) is 3.12. The highest BCUT2D eigenvalue weighted by atomic mass is 16.2. The van der Waals surface area contributed by atoms with Crippen LogP contribution < -0.4 is 0 Å². The van der Waals surface area contributed by atoms with E-state index in [1.807, 2.05) is 18.3 Å². The SMILES string of the molecule is CCCCCN1CC2CN(C(=O)CCc3cccnc3)CC2C1. The van der Waals surface area contributed by atoms with Gasteiger partial charge in [-0.25, -0.2) is 0 Å². The summed E-state index contributed by atoms with van der Waals surface area (Å²) in [4.78, 5) is 21.3. The Bertz CT molecular complexity index is 491. The predicted octanol–water partition coefficient (Wildman–Crippen LogP) is 2.59. The first-order chi connectivity index (χ1) is 11.3. The summed E-state index contributed by atoms with van der Waals surface area (Å²) in [5.74, 6) is 1.73. The maximum Gasteiger partial charge on any atom is 0.222 e. The van der Waals surface area contributed by atoms with Crippen molar-refractivity contribution in [2.45, 2.75) is 39.0 Å². The molecule has 3 heterocycles. The van der Waals surface area contributed by atoms with Crippen molar-refractivity contribution in [3.05, 3.63) is 30.1 Å². The molecule has 2 fully saturated rings. The van der Waals surface area contributed by atoms with Gasteiger partial charge in [0.15, 0.2) is 0 Å². The largest absolute Gasteiger partial charge is 0.342 e. The van der Waals surface area contributed by atoms with Crippen molar-refractivity contribution < 1.29 is 4.79 Å². The predicted molar refractivity (Wildman–Crippen MR) is 92.1 cm³/mol. The standard InChI is InChI=1S/C19H29N3O/c1-2-3-4-10-21-12-17-14-22(15-18(17)13-21)19(23)8-7-16-6-5-9-20-11-16/h5-6,9,11,17-18H,2-4,7-8,10,12-15H2,1H3. The first kappa shape index (κ1) is 16.4. The fraction of sp³-hybridized carbons (Fsp3) is 0.684.